The third kappa shape index (κ3) is 6.00. The molecule has 3 aromatic carbocycles. The lowest BCUT2D eigenvalue weighted by atomic mass is 10.1. The monoisotopic (exact) mass is 457 g/mol. The van der Waals surface area contributed by atoms with Gasteiger partial charge in [0.2, 0.25) is 0 Å². The van der Waals surface area contributed by atoms with Crippen LogP contribution in [0.5, 0.6) is 5.75 Å². The molecule has 1 N–H and O–H groups in total. The molecule has 3 rings (SSSR count). The normalized spacial score (nSPS) is 11.6. The van der Waals surface area contributed by atoms with E-state index in [9.17, 15) is 14.7 Å². The Kier molecular flexibility index (Phi) is 7.55. The van der Waals surface area contributed by atoms with Crippen molar-refractivity contribution in [2.75, 3.05) is 6.61 Å². The first-order chi connectivity index (χ1) is 14.8. The molecule has 0 saturated heterocycles. The highest BCUT2D eigenvalue weighted by atomic mass is 35.5. The number of hydrogen-bond acceptors (Lipinski definition) is 3. The molecule has 0 unspecified atom stereocenters. The van der Waals surface area contributed by atoms with Gasteiger partial charge in [-0.1, -0.05) is 65.7 Å². The van der Waals surface area contributed by atoms with E-state index < -0.39 is 5.97 Å². The van der Waals surface area contributed by atoms with Crippen molar-refractivity contribution in [1.82, 2.24) is 4.90 Å². The van der Waals surface area contributed by atoms with Crippen LogP contribution in [0.1, 0.15) is 34.5 Å². The van der Waals surface area contributed by atoms with Crippen LogP contribution in [0, 0.1) is 0 Å². The summed E-state index contributed by atoms with van der Waals surface area (Å²) in [4.78, 5) is 26.3. The van der Waals surface area contributed by atoms with Crippen molar-refractivity contribution in [3.05, 3.63) is 99.5 Å². The van der Waals surface area contributed by atoms with E-state index in [2.05, 4.69) is 0 Å². The standard InChI is InChI=1S/C24H21Cl2NO4/c1-16(18-7-3-2-4-8-18)27(14-17-6-5-9-19(25)12-17)23(28)15-31-22-11-10-20(26)13-21(22)24(29)30/h2-13,16H,14-15H2,1H3,(H,29,30)/t16-/m1/s1. The second-order valence-corrected chi connectivity index (χ2v) is 7.85. The van der Waals surface area contributed by atoms with Gasteiger partial charge >= 0.3 is 5.97 Å². The Hall–Kier alpha value is -3.02. The molecule has 1 atom stereocenters. The molecule has 0 heterocycles. The molecule has 0 spiro atoms. The minimum Gasteiger partial charge on any atom is -0.483 e. The van der Waals surface area contributed by atoms with Gasteiger partial charge in [-0.3, -0.25) is 4.79 Å². The summed E-state index contributed by atoms with van der Waals surface area (Å²) in [5.41, 5.74) is 1.75. The molecular formula is C24H21Cl2NO4. The first kappa shape index (κ1) is 22.7. The van der Waals surface area contributed by atoms with Crippen LogP contribution in [-0.4, -0.2) is 28.5 Å². The number of carbonyl (C=O) groups is 2. The second kappa shape index (κ2) is 10.3. The van der Waals surface area contributed by atoms with Gasteiger partial charge in [0.25, 0.3) is 5.91 Å². The molecule has 5 nitrogen and oxygen atoms in total. The fraction of sp³-hybridized carbons (Fsp3) is 0.167. The van der Waals surface area contributed by atoms with Crippen LogP contribution in [0.3, 0.4) is 0 Å². The van der Waals surface area contributed by atoms with Crippen LogP contribution in [0.25, 0.3) is 0 Å². The number of carboxylic acid groups (broad SMARTS) is 1. The van der Waals surface area contributed by atoms with Gasteiger partial charge in [0.1, 0.15) is 11.3 Å². The van der Waals surface area contributed by atoms with Crippen molar-refractivity contribution in [1.29, 1.82) is 0 Å². The summed E-state index contributed by atoms with van der Waals surface area (Å²) in [6, 6.07) is 21.0. The number of ether oxygens (including phenoxy) is 1. The van der Waals surface area contributed by atoms with Crippen LogP contribution < -0.4 is 4.74 Å². The van der Waals surface area contributed by atoms with E-state index in [1.54, 1.807) is 11.0 Å². The fourth-order valence-electron chi connectivity index (χ4n) is 3.20. The average Bonchev–Trinajstić information content (AvgIpc) is 2.76. The molecule has 31 heavy (non-hydrogen) atoms. The molecule has 0 fully saturated rings. The van der Waals surface area contributed by atoms with Gasteiger partial charge in [-0.05, 0) is 48.4 Å². The van der Waals surface area contributed by atoms with Crippen LogP contribution in [0.2, 0.25) is 10.0 Å². The lowest BCUT2D eigenvalue weighted by Crippen LogP contribution is -2.36. The molecule has 0 aliphatic rings. The predicted molar refractivity (Wildman–Crippen MR) is 121 cm³/mol. The second-order valence-electron chi connectivity index (χ2n) is 6.97. The number of aromatic carboxylic acids is 1. The molecule has 0 aliphatic carbocycles. The molecule has 3 aromatic rings. The maximum Gasteiger partial charge on any atom is 0.339 e. The Labute approximate surface area is 190 Å². The molecular weight excluding hydrogens is 437 g/mol. The zero-order chi connectivity index (χ0) is 22.4. The highest BCUT2D eigenvalue weighted by molar-refractivity contribution is 6.31. The third-order valence-electron chi connectivity index (χ3n) is 4.83. The number of rotatable bonds is 8. The number of benzene rings is 3. The minimum absolute atomic E-state index is 0.0836. The summed E-state index contributed by atoms with van der Waals surface area (Å²) >= 11 is 12.0. The first-order valence-corrected chi connectivity index (χ1v) is 10.3. The van der Waals surface area contributed by atoms with Gasteiger partial charge in [0, 0.05) is 16.6 Å². The van der Waals surface area contributed by atoms with E-state index in [1.165, 1.54) is 18.2 Å². The van der Waals surface area contributed by atoms with Gasteiger partial charge in [0.05, 0.1) is 6.04 Å². The first-order valence-electron chi connectivity index (χ1n) is 9.59. The summed E-state index contributed by atoms with van der Waals surface area (Å²) in [6.45, 7) is 1.94. The maximum absolute atomic E-state index is 13.2. The molecule has 0 bridgehead atoms. The van der Waals surface area contributed by atoms with E-state index in [-0.39, 0.29) is 34.9 Å². The van der Waals surface area contributed by atoms with Crippen LogP contribution in [0.15, 0.2) is 72.8 Å². The van der Waals surface area contributed by atoms with Crippen molar-refractivity contribution >= 4 is 35.1 Å². The van der Waals surface area contributed by atoms with Crippen LogP contribution in [-0.2, 0) is 11.3 Å². The van der Waals surface area contributed by atoms with Crippen molar-refractivity contribution in [3.8, 4) is 5.75 Å². The van der Waals surface area contributed by atoms with E-state index in [1.807, 2.05) is 55.5 Å². The number of hydrogen-bond donors (Lipinski definition) is 1. The number of carboxylic acids is 1. The van der Waals surface area contributed by atoms with Crippen molar-refractivity contribution in [3.63, 3.8) is 0 Å². The Bertz CT molecular complexity index is 1070. The summed E-state index contributed by atoms with van der Waals surface area (Å²) < 4.78 is 5.59. The lowest BCUT2D eigenvalue weighted by Gasteiger charge is -2.30. The molecule has 0 aliphatic heterocycles. The van der Waals surface area contributed by atoms with E-state index in [4.69, 9.17) is 27.9 Å². The number of nitrogens with zero attached hydrogens (tertiary/aromatic N) is 1. The Balaban J connectivity index is 1.83. The van der Waals surface area contributed by atoms with Crippen LogP contribution in [0.4, 0.5) is 0 Å². The largest absolute Gasteiger partial charge is 0.483 e. The number of halogens is 2. The minimum atomic E-state index is -1.18. The summed E-state index contributed by atoms with van der Waals surface area (Å²) in [5, 5.41) is 10.2. The molecule has 160 valence electrons. The summed E-state index contributed by atoms with van der Waals surface area (Å²) in [7, 11) is 0. The smallest absolute Gasteiger partial charge is 0.339 e. The highest BCUT2D eigenvalue weighted by Crippen LogP contribution is 2.26. The fourth-order valence-corrected chi connectivity index (χ4v) is 3.59. The third-order valence-corrected chi connectivity index (χ3v) is 5.31. The molecule has 7 heteroatoms. The predicted octanol–water partition coefficient (Wildman–Crippen LogP) is 5.86. The highest BCUT2D eigenvalue weighted by Gasteiger charge is 2.23. The average molecular weight is 458 g/mol. The molecule has 0 saturated carbocycles. The Morgan fingerprint density at radius 2 is 1.68 bits per heavy atom. The molecule has 0 aromatic heterocycles. The van der Waals surface area contributed by atoms with E-state index >= 15 is 0 Å². The topological polar surface area (TPSA) is 66.8 Å². The zero-order valence-corrected chi connectivity index (χ0v) is 18.3. The van der Waals surface area contributed by atoms with Gasteiger partial charge in [-0.2, -0.15) is 0 Å². The van der Waals surface area contributed by atoms with Crippen molar-refractivity contribution in [2.24, 2.45) is 0 Å². The van der Waals surface area contributed by atoms with Gasteiger partial charge in [-0.25, -0.2) is 4.79 Å². The van der Waals surface area contributed by atoms with E-state index in [0.717, 1.165) is 11.1 Å². The van der Waals surface area contributed by atoms with Gasteiger partial charge in [0.15, 0.2) is 6.61 Å². The number of carbonyl (C=O) groups excluding carboxylic acids is 1. The van der Waals surface area contributed by atoms with E-state index in [0.29, 0.717) is 11.6 Å². The van der Waals surface area contributed by atoms with Gasteiger partial charge in [-0.15, -0.1) is 0 Å². The Morgan fingerprint density at radius 1 is 0.968 bits per heavy atom. The molecule has 1 amide bonds. The number of amides is 1. The van der Waals surface area contributed by atoms with Crippen molar-refractivity contribution in [2.45, 2.75) is 19.5 Å². The summed E-state index contributed by atoms with van der Waals surface area (Å²) in [5.74, 6) is -1.39. The van der Waals surface area contributed by atoms with Gasteiger partial charge < -0.3 is 14.7 Å². The lowest BCUT2D eigenvalue weighted by molar-refractivity contribution is -0.136. The maximum atomic E-state index is 13.2. The van der Waals surface area contributed by atoms with Crippen molar-refractivity contribution < 1.29 is 19.4 Å². The molecule has 0 radical (unpaired) electrons. The zero-order valence-electron chi connectivity index (χ0n) is 16.8. The van der Waals surface area contributed by atoms with Crippen LogP contribution >= 0.6 is 23.2 Å². The quantitative estimate of drug-likeness (QED) is 0.459. The summed E-state index contributed by atoms with van der Waals surface area (Å²) in [6.07, 6.45) is 0. The SMILES string of the molecule is C[C@H](c1ccccc1)N(Cc1cccc(Cl)c1)C(=O)COc1ccc(Cl)cc1C(=O)O. The Morgan fingerprint density at radius 3 is 2.35 bits per heavy atom.